The summed E-state index contributed by atoms with van der Waals surface area (Å²) in [5.74, 6) is 0.144. The Morgan fingerprint density at radius 3 is 2.00 bits per heavy atom. The van der Waals surface area contributed by atoms with Gasteiger partial charge in [0.15, 0.2) is 40.6 Å². The van der Waals surface area contributed by atoms with Crippen molar-refractivity contribution in [1.29, 1.82) is 0 Å². The molecular formula is C23H30N10O13P2. The van der Waals surface area contributed by atoms with Crippen LogP contribution in [0.5, 0.6) is 0 Å². The number of aliphatic hydroxyl groups excluding tert-OH is 2. The van der Waals surface area contributed by atoms with E-state index in [1.807, 2.05) is 13.8 Å². The Balaban J connectivity index is 1.16. The topological polar surface area (TPSA) is 316 Å². The van der Waals surface area contributed by atoms with Crippen molar-refractivity contribution in [2.75, 3.05) is 24.3 Å². The van der Waals surface area contributed by atoms with Gasteiger partial charge in [-0.1, -0.05) is 0 Å². The quantitative estimate of drug-likeness (QED) is 0.123. The van der Waals surface area contributed by atoms with E-state index < -0.39 is 83.5 Å². The fourth-order valence-electron chi connectivity index (χ4n) is 5.68. The monoisotopic (exact) mass is 716 g/mol. The van der Waals surface area contributed by atoms with Crippen molar-refractivity contribution in [1.82, 2.24) is 39.0 Å². The first-order valence-corrected chi connectivity index (χ1v) is 17.4. The lowest BCUT2D eigenvalue weighted by atomic mass is 10.1. The summed E-state index contributed by atoms with van der Waals surface area (Å²) >= 11 is 0. The van der Waals surface area contributed by atoms with Gasteiger partial charge in [-0.15, -0.1) is 0 Å². The molecule has 0 aromatic carbocycles. The Hall–Kier alpha value is -3.44. The van der Waals surface area contributed by atoms with Gasteiger partial charge in [-0.3, -0.25) is 37.0 Å². The molecule has 48 heavy (non-hydrogen) atoms. The third kappa shape index (κ3) is 6.01. The standard InChI is InChI=1S/C23H30N10O13P2/c1-8(2)29-17-11-18(26-5-25-17)32(6-27-11)21-13(34)15-9(43-21)3-41-48(39,40)46-16-10(4-42-47(37,38)45-15)44-22(14(16)35)33-7-28-12-19(33)30-23(24)31-20(12)36/h5-10,13-16,21-22,34-35H,3-4H2,1-2H3,(H,37,38)(H,39,40)(H,25,26,29)(H3,24,30,31,36)/t9-,10-,13-,14-,15-,16-,21-,22-/m1/s1. The van der Waals surface area contributed by atoms with Gasteiger partial charge in [0.2, 0.25) is 5.95 Å². The van der Waals surface area contributed by atoms with Crippen molar-refractivity contribution in [3.05, 3.63) is 29.3 Å². The van der Waals surface area contributed by atoms with Crippen LogP contribution in [-0.2, 0) is 36.7 Å². The molecule has 3 aliphatic rings. The highest BCUT2D eigenvalue weighted by molar-refractivity contribution is 7.47. The molecule has 260 valence electrons. The van der Waals surface area contributed by atoms with E-state index in [1.165, 1.54) is 17.2 Å². The molecule has 7 heterocycles. The average molecular weight is 716 g/mol. The van der Waals surface area contributed by atoms with Gasteiger partial charge >= 0.3 is 15.6 Å². The van der Waals surface area contributed by atoms with Crippen molar-refractivity contribution in [3.63, 3.8) is 0 Å². The van der Waals surface area contributed by atoms with Crippen LogP contribution in [0.4, 0.5) is 11.8 Å². The molecule has 4 aromatic rings. The maximum Gasteiger partial charge on any atom is 0.472 e. The minimum absolute atomic E-state index is 0.00324. The van der Waals surface area contributed by atoms with E-state index in [1.54, 1.807) is 0 Å². The first-order chi connectivity index (χ1) is 22.7. The van der Waals surface area contributed by atoms with Gasteiger partial charge < -0.3 is 40.5 Å². The maximum atomic E-state index is 13.2. The molecule has 10 atom stereocenters. The van der Waals surface area contributed by atoms with E-state index in [2.05, 4.69) is 35.2 Å². The first-order valence-electron chi connectivity index (χ1n) is 14.4. The molecule has 8 N–H and O–H groups in total. The van der Waals surface area contributed by atoms with Crippen molar-refractivity contribution in [2.45, 2.75) is 69.0 Å². The fraction of sp³-hybridized carbons (Fsp3) is 0.565. The summed E-state index contributed by atoms with van der Waals surface area (Å²) in [5.41, 5.74) is 5.29. The van der Waals surface area contributed by atoms with E-state index in [0.717, 1.165) is 10.9 Å². The van der Waals surface area contributed by atoms with Crippen LogP contribution in [0.15, 0.2) is 23.8 Å². The maximum absolute atomic E-state index is 13.2. The minimum Gasteiger partial charge on any atom is -0.386 e. The zero-order chi connectivity index (χ0) is 34.1. The number of nitrogens with two attached hydrogens (primary N) is 1. The normalized spacial score (nSPS) is 36.1. The van der Waals surface area contributed by atoms with Crippen LogP contribution in [0.25, 0.3) is 22.3 Å². The zero-order valence-electron chi connectivity index (χ0n) is 24.9. The number of phosphoric acid groups is 2. The van der Waals surface area contributed by atoms with Gasteiger partial charge in [0, 0.05) is 6.04 Å². The van der Waals surface area contributed by atoms with Crippen LogP contribution in [-0.4, -0.2) is 115 Å². The van der Waals surface area contributed by atoms with Crippen LogP contribution in [0.1, 0.15) is 26.3 Å². The number of aliphatic hydroxyl groups is 2. The summed E-state index contributed by atoms with van der Waals surface area (Å²) in [7, 11) is -10.1. The fourth-order valence-corrected chi connectivity index (χ4v) is 7.61. The Morgan fingerprint density at radius 1 is 0.896 bits per heavy atom. The molecule has 3 fully saturated rings. The number of rotatable bonds is 4. The number of ether oxygens (including phenoxy) is 2. The molecule has 4 aromatic heterocycles. The molecule has 3 aliphatic heterocycles. The Labute approximate surface area is 268 Å². The third-order valence-corrected chi connectivity index (χ3v) is 9.69. The van der Waals surface area contributed by atoms with Crippen LogP contribution in [0.3, 0.4) is 0 Å². The summed E-state index contributed by atoms with van der Waals surface area (Å²) in [6.07, 6.45) is -8.83. The Morgan fingerprint density at radius 2 is 1.44 bits per heavy atom. The van der Waals surface area contributed by atoms with E-state index in [9.17, 15) is 33.9 Å². The summed E-state index contributed by atoms with van der Waals surface area (Å²) in [4.78, 5) is 56.6. The van der Waals surface area contributed by atoms with Gasteiger partial charge in [0.05, 0.1) is 25.9 Å². The highest BCUT2D eigenvalue weighted by atomic mass is 31.2. The molecule has 0 radical (unpaired) electrons. The number of nitrogens with one attached hydrogen (secondary N) is 2. The number of nitrogens with zero attached hydrogens (tertiary/aromatic N) is 7. The number of hydrogen-bond donors (Lipinski definition) is 7. The van der Waals surface area contributed by atoms with Gasteiger partial charge in [-0.25, -0.2) is 29.1 Å². The smallest absolute Gasteiger partial charge is 0.386 e. The lowest BCUT2D eigenvalue weighted by Gasteiger charge is -2.27. The number of hydrogen-bond acceptors (Lipinski definition) is 18. The predicted molar refractivity (Wildman–Crippen MR) is 158 cm³/mol. The average Bonchev–Trinajstić information content (AvgIpc) is 3.76. The second-order valence-electron chi connectivity index (χ2n) is 11.4. The molecule has 0 aliphatic carbocycles. The van der Waals surface area contributed by atoms with Gasteiger partial charge in [0.1, 0.15) is 43.0 Å². The van der Waals surface area contributed by atoms with Crippen molar-refractivity contribution >= 4 is 49.7 Å². The first kappa shape index (κ1) is 33.1. The number of anilines is 2. The highest BCUT2D eigenvalue weighted by Crippen LogP contribution is 2.53. The van der Waals surface area contributed by atoms with Crippen molar-refractivity contribution in [2.24, 2.45) is 0 Å². The molecule has 0 amide bonds. The number of aromatic nitrogens is 8. The number of fused-ring (bicyclic) bond motifs is 4. The van der Waals surface area contributed by atoms with E-state index in [0.29, 0.717) is 11.3 Å². The molecule has 0 saturated carbocycles. The molecule has 3 saturated heterocycles. The number of phosphoric ester groups is 2. The molecule has 0 spiro atoms. The summed E-state index contributed by atoms with van der Waals surface area (Å²) in [6.45, 7) is 2.16. The number of H-pyrrole nitrogens is 1. The van der Waals surface area contributed by atoms with Crippen LogP contribution >= 0.6 is 15.6 Å². The van der Waals surface area contributed by atoms with Gasteiger partial charge in [0.25, 0.3) is 5.56 Å². The number of nitrogen functional groups attached to an aromatic ring is 1. The van der Waals surface area contributed by atoms with E-state index in [-0.39, 0.29) is 28.8 Å². The van der Waals surface area contributed by atoms with Crippen molar-refractivity contribution < 1.29 is 56.7 Å². The van der Waals surface area contributed by atoms with Gasteiger partial charge in [-0.05, 0) is 13.8 Å². The van der Waals surface area contributed by atoms with Crippen LogP contribution < -0.4 is 16.6 Å². The Kier molecular flexibility index (Phi) is 8.38. The summed E-state index contributed by atoms with van der Waals surface area (Å²) in [5, 5.41) is 25.6. The van der Waals surface area contributed by atoms with Gasteiger partial charge in [-0.2, -0.15) is 4.98 Å². The van der Waals surface area contributed by atoms with E-state index >= 15 is 0 Å². The Bertz CT molecular complexity index is 2010. The second kappa shape index (κ2) is 12.2. The predicted octanol–water partition coefficient (Wildman–Crippen LogP) is -1.10. The number of imidazole rings is 2. The number of aromatic amines is 1. The van der Waals surface area contributed by atoms with Crippen LogP contribution in [0.2, 0.25) is 0 Å². The summed E-state index contributed by atoms with van der Waals surface area (Å²) < 4.78 is 61.5. The third-order valence-electron chi connectivity index (χ3n) is 7.72. The minimum atomic E-state index is -5.06. The van der Waals surface area contributed by atoms with E-state index in [4.69, 9.17) is 33.3 Å². The van der Waals surface area contributed by atoms with Crippen LogP contribution in [0, 0.1) is 0 Å². The molecule has 23 nitrogen and oxygen atoms in total. The molecule has 7 rings (SSSR count). The van der Waals surface area contributed by atoms with Crippen molar-refractivity contribution in [3.8, 4) is 0 Å². The molecule has 0 bridgehead atoms. The highest BCUT2D eigenvalue weighted by Gasteiger charge is 2.54. The zero-order valence-corrected chi connectivity index (χ0v) is 26.7. The largest absolute Gasteiger partial charge is 0.472 e. The summed E-state index contributed by atoms with van der Waals surface area (Å²) in [6, 6.07) is 0.00324. The SMILES string of the molecule is CC(C)Nc1ncnc2c1ncn2[C@@H]1O[C@@H]2COP(=O)(O)O[C@H]3[C@@H](O)[C@H](n4cnc5c(=O)[nH]c(N)nc54)O[C@@H]3COP(=O)(O)O[C@H]2[C@H]1O. The molecular weight excluding hydrogens is 686 g/mol. The second-order valence-corrected chi connectivity index (χ2v) is 14.2. The lowest BCUT2D eigenvalue weighted by molar-refractivity contribution is -0.0664. The molecule has 25 heteroatoms. The molecule has 2 unspecified atom stereocenters. The lowest BCUT2D eigenvalue weighted by Crippen LogP contribution is -2.39.